The number of hydrogen-bond donors (Lipinski definition) is 1. The van der Waals surface area contributed by atoms with E-state index in [1.165, 1.54) is 10.9 Å². The normalized spacial score (nSPS) is 10.8. The highest BCUT2D eigenvalue weighted by Crippen LogP contribution is 2.32. The van der Waals surface area contributed by atoms with E-state index in [1.54, 1.807) is 14.2 Å². The first kappa shape index (κ1) is 12.6. The van der Waals surface area contributed by atoms with Crippen LogP contribution in [-0.4, -0.2) is 19.2 Å². The number of rotatable bonds is 3. The van der Waals surface area contributed by atoms with Crippen molar-refractivity contribution < 1.29 is 9.47 Å². The summed E-state index contributed by atoms with van der Waals surface area (Å²) in [7, 11) is 3.36. The molecule has 0 atom stereocenters. The fraction of sp³-hybridized carbons (Fsp3) is 0.176. The molecule has 0 aliphatic carbocycles. The van der Waals surface area contributed by atoms with Crippen LogP contribution in [0.5, 0.6) is 11.5 Å². The molecule has 1 N–H and O–H groups in total. The highest BCUT2D eigenvalue weighted by Gasteiger charge is 2.10. The largest absolute Gasteiger partial charge is 0.497 e. The SMILES string of the molecule is COc1cccc(-c2[nH]c3cc(OC)ccc3c2C)c1. The maximum atomic E-state index is 5.29. The molecule has 20 heavy (non-hydrogen) atoms. The van der Waals surface area contributed by atoms with Crippen molar-refractivity contribution in [3.63, 3.8) is 0 Å². The molecule has 3 heteroatoms. The summed E-state index contributed by atoms with van der Waals surface area (Å²) >= 11 is 0. The number of aryl methyl sites for hydroxylation is 1. The molecule has 3 nitrogen and oxygen atoms in total. The molecule has 1 aromatic heterocycles. The maximum Gasteiger partial charge on any atom is 0.120 e. The van der Waals surface area contributed by atoms with Gasteiger partial charge in [0.25, 0.3) is 0 Å². The standard InChI is InChI=1S/C17H17NO2/c1-11-15-8-7-14(20-3)10-16(15)18-17(11)12-5-4-6-13(9-12)19-2/h4-10,18H,1-3H3. The summed E-state index contributed by atoms with van der Waals surface area (Å²) in [4.78, 5) is 3.47. The molecule has 0 spiro atoms. The third-order valence-electron chi connectivity index (χ3n) is 3.62. The number of hydrogen-bond acceptors (Lipinski definition) is 2. The van der Waals surface area contributed by atoms with Crippen LogP contribution in [0.25, 0.3) is 22.2 Å². The molecule has 0 unspecified atom stereocenters. The Morgan fingerprint density at radius 3 is 2.40 bits per heavy atom. The van der Waals surface area contributed by atoms with E-state index in [-0.39, 0.29) is 0 Å². The van der Waals surface area contributed by atoms with Gasteiger partial charge in [0.2, 0.25) is 0 Å². The number of methoxy groups -OCH3 is 2. The molecule has 1 heterocycles. The van der Waals surface area contributed by atoms with Crippen molar-refractivity contribution in [2.24, 2.45) is 0 Å². The van der Waals surface area contributed by atoms with E-state index in [1.807, 2.05) is 30.3 Å². The van der Waals surface area contributed by atoms with Gasteiger partial charge in [-0.25, -0.2) is 0 Å². The third-order valence-corrected chi connectivity index (χ3v) is 3.62. The summed E-state index contributed by atoms with van der Waals surface area (Å²) in [6.07, 6.45) is 0. The average molecular weight is 267 g/mol. The number of aromatic nitrogens is 1. The molecular weight excluding hydrogens is 250 g/mol. The van der Waals surface area contributed by atoms with Gasteiger partial charge in [0.05, 0.1) is 14.2 Å². The second-order valence-corrected chi connectivity index (χ2v) is 4.77. The maximum absolute atomic E-state index is 5.29. The summed E-state index contributed by atoms with van der Waals surface area (Å²) in [6.45, 7) is 2.13. The summed E-state index contributed by atoms with van der Waals surface area (Å²) in [5.74, 6) is 1.72. The van der Waals surface area contributed by atoms with E-state index in [2.05, 4.69) is 24.0 Å². The average Bonchev–Trinajstić information content (AvgIpc) is 2.83. The number of aromatic amines is 1. The molecule has 0 saturated heterocycles. The summed E-state index contributed by atoms with van der Waals surface area (Å²) < 4.78 is 10.6. The van der Waals surface area contributed by atoms with Crippen molar-refractivity contribution >= 4 is 10.9 Å². The predicted octanol–water partition coefficient (Wildman–Crippen LogP) is 4.16. The molecule has 0 aliphatic heterocycles. The zero-order valence-electron chi connectivity index (χ0n) is 11.9. The van der Waals surface area contributed by atoms with Crippen LogP contribution < -0.4 is 9.47 Å². The van der Waals surface area contributed by atoms with E-state index < -0.39 is 0 Å². The predicted molar refractivity (Wildman–Crippen MR) is 81.6 cm³/mol. The fourth-order valence-electron chi connectivity index (χ4n) is 2.51. The minimum atomic E-state index is 0.857. The van der Waals surface area contributed by atoms with Crippen molar-refractivity contribution in [1.82, 2.24) is 4.98 Å². The monoisotopic (exact) mass is 267 g/mol. The topological polar surface area (TPSA) is 34.2 Å². The van der Waals surface area contributed by atoms with E-state index in [9.17, 15) is 0 Å². The van der Waals surface area contributed by atoms with E-state index in [0.717, 1.165) is 28.3 Å². The smallest absolute Gasteiger partial charge is 0.120 e. The first-order valence-corrected chi connectivity index (χ1v) is 6.53. The quantitative estimate of drug-likeness (QED) is 0.773. The molecule has 0 radical (unpaired) electrons. The Hall–Kier alpha value is -2.42. The van der Waals surface area contributed by atoms with Crippen molar-refractivity contribution in [3.05, 3.63) is 48.0 Å². The lowest BCUT2D eigenvalue weighted by molar-refractivity contribution is 0.415. The Morgan fingerprint density at radius 1 is 0.900 bits per heavy atom. The Bertz CT molecular complexity index is 759. The molecule has 0 aliphatic rings. The van der Waals surface area contributed by atoms with E-state index in [4.69, 9.17) is 9.47 Å². The van der Waals surface area contributed by atoms with Gasteiger partial charge in [-0.2, -0.15) is 0 Å². The summed E-state index contributed by atoms with van der Waals surface area (Å²) in [5.41, 5.74) is 4.56. The van der Waals surface area contributed by atoms with Crippen LogP contribution in [0.15, 0.2) is 42.5 Å². The van der Waals surface area contributed by atoms with Crippen LogP contribution in [-0.2, 0) is 0 Å². The van der Waals surface area contributed by atoms with Crippen molar-refractivity contribution in [2.75, 3.05) is 14.2 Å². The van der Waals surface area contributed by atoms with Gasteiger partial charge in [-0.05, 0) is 36.8 Å². The molecule has 3 aromatic rings. The molecule has 0 fully saturated rings. The number of ether oxygens (including phenoxy) is 2. The van der Waals surface area contributed by atoms with Crippen LogP contribution in [0.4, 0.5) is 0 Å². The van der Waals surface area contributed by atoms with Gasteiger partial charge < -0.3 is 14.5 Å². The molecule has 0 saturated carbocycles. The van der Waals surface area contributed by atoms with Crippen molar-refractivity contribution in [3.8, 4) is 22.8 Å². The zero-order chi connectivity index (χ0) is 14.1. The lowest BCUT2D eigenvalue weighted by Crippen LogP contribution is -1.85. The van der Waals surface area contributed by atoms with Crippen LogP contribution in [0.2, 0.25) is 0 Å². The fourth-order valence-corrected chi connectivity index (χ4v) is 2.51. The zero-order valence-corrected chi connectivity index (χ0v) is 11.9. The van der Waals surface area contributed by atoms with Gasteiger partial charge in [0, 0.05) is 28.2 Å². The third kappa shape index (κ3) is 2.01. The van der Waals surface area contributed by atoms with Gasteiger partial charge in [-0.3, -0.25) is 0 Å². The second-order valence-electron chi connectivity index (χ2n) is 4.77. The van der Waals surface area contributed by atoms with Crippen molar-refractivity contribution in [1.29, 1.82) is 0 Å². The van der Waals surface area contributed by atoms with E-state index in [0.29, 0.717) is 0 Å². The number of H-pyrrole nitrogens is 1. The molecule has 3 rings (SSSR count). The second kappa shape index (κ2) is 4.93. The van der Waals surface area contributed by atoms with Gasteiger partial charge in [0.15, 0.2) is 0 Å². The summed E-state index contributed by atoms with van der Waals surface area (Å²) in [5, 5.41) is 1.21. The van der Waals surface area contributed by atoms with Gasteiger partial charge in [0.1, 0.15) is 11.5 Å². The number of benzene rings is 2. The van der Waals surface area contributed by atoms with Gasteiger partial charge in [-0.1, -0.05) is 12.1 Å². The first-order valence-electron chi connectivity index (χ1n) is 6.53. The van der Waals surface area contributed by atoms with E-state index >= 15 is 0 Å². The first-order chi connectivity index (χ1) is 9.72. The summed E-state index contributed by atoms with van der Waals surface area (Å²) in [6, 6.07) is 14.2. The lowest BCUT2D eigenvalue weighted by atomic mass is 10.1. The Kier molecular flexibility index (Phi) is 3.11. The molecular formula is C17H17NO2. The molecule has 2 aromatic carbocycles. The highest BCUT2D eigenvalue weighted by molar-refractivity contribution is 5.91. The minimum absolute atomic E-state index is 0.857. The Labute approximate surface area is 118 Å². The van der Waals surface area contributed by atoms with Gasteiger partial charge in [-0.15, -0.1) is 0 Å². The molecule has 0 amide bonds. The molecule has 0 bridgehead atoms. The van der Waals surface area contributed by atoms with Crippen molar-refractivity contribution in [2.45, 2.75) is 6.92 Å². The van der Waals surface area contributed by atoms with Crippen LogP contribution in [0, 0.1) is 6.92 Å². The van der Waals surface area contributed by atoms with Crippen LogP contribution >= 0.6 is 0 Å². The molecule has 102 valence electrons. The minimum Gasteiger partial charge on any atom is -0.497 e. The number of fused-ring (bicyclic) bond motifs is 1. The van der Waals surface area contributed by atoms with Crippen LogP contribution in [0.3, 0.4) is 0 Å². The Balaban J connectivity index is 2.18. The number of nitrogens with one attached hydrogen (secondary N) is 1. The lowest BCUT2D eigenvalue weighted by Gasteiger charge is -2.04. The van der Waals surface area contributed by atoms with Gasteiger partial charge >= 0.3 is 0 Å². The Morgan fingerprint density at radius 2 is 1.65 bits per heavy atom. The highest BCUT2D eigenvalue weighted by atomic mass is 16.5. The van der Waals surface area contributed by atoms with Crippen LogP contribution in [0.1, 0.15) is 5.56 Å².